The Morgan fingerprint density at radius 3 is 2.59 bits per heavy atom. The molecule has 5 nitrogen and oxygen atoms in total. The summed E-state index contributed by atoms with van der Waals surface area (Å²) in [7, 11) is 1.13. The highest BCUT2D eigenvalue weighted by Gasteiger charge is 2.20. The van der Waals surface area contributed by atoms with Crippen molar-refractivity contribution in [1.82, 2.24) is 0 Å². The van der Waals surface area contributed by atoms with E-state index in [0.717, 1.165) is 33.5 Å². The van der Waals surface area contributed by atoms with Gasteiger partial charge in [-0.1, -0.05) is 49.0 Å². The van der Waals surface area contributed by atoms with Gasteiger partial charge in [0.25, 0.3) is 0 Å². The molecule has 0 saturated carbocycles. The van der Waals surface area contributed by atoms with Crippen LogP contribution in [0.2, 0.25) is 6.04 Å². The first-order valence-electron chi connectivity index (χ1n) is 9.12. The summed E-state index contributed by atoms with van der Waals surface area (Å²) in [6, 6.07) is 14.2. The van der Waals surface area contributed by atoms with Crippen molar-refractivity contribution in [3.63, 3.8) is 0 Å². The number of fused-ring (bicyclic) bond motifs is 1. The van der Waals surface area contributed by atoms with Crippen molar-refractivity contribution < 1.29 is 23.8 Å². The topological polar surface area (TPSA) is 61.8 Å². The number of ether oxygens (including phenoxy) is 3. The maximum Gasteiger partial charge on any atom is 0.339 e. The number of hydrogen-bond acceptors (Lipinski definition) is 5. The summed E-state index contributed by atoms with van der Waals surface area (Å²) >= 11 is 0. The molecule has 0 N–H and O–H groups in total. The van der Waals surface area contributed by atoms with Crippen molar-refractivity contribution in [3.05, 3.63) is 60.2 Å². The predicted octanol–water partition coefficient (Wildman–Crippen LogP) is 2.67. The van der Waals surface area contributed by atoms with E-state index in [-0.39, 0.29) is 13.2 Å². The van der Waals surface area contributed by atoms with E-state index in [1.54, 1.807) is 13.0 Å². The second-order valence-corrected chi connectivity index (χ2v) is 7.36. The van der Waals surface area contributed by atoms with E-state index >= 15 is 0 Å². The maximum absolute atomic E-state index is 12.7. The lowest BCUT2D eigenvalue weighted by Crippen LogP contribution is -2.30. The van der Waals surface area contributed by atoms with E-state index in [0.29, 0.717) is 17.7 Å². The first-order chi connectivity index (χ1) is 13.0. The van der Waals surface area contributed by atoms with Gasteiger partial charge in [0.05, 0.1) is 12.2 Å². The lowest BCUT2D eigenvalue weighted by Gasteiger charge is -2.19. The molecule has 0 radical (unpaired) electrons. The molecule has 0 amide bonds. The lowest BCUT2D eigenvalue weighted by atomic mass is 10.0. The summed E-state index contributed by atoms with van der Waals surface area (Å²) < 4.78 is 16.3. The molecule has 0 saturated heterocycles. The van der Waals surface area contributed by atoms with Gasteiger partial charge in [0.15, 0.2) is 6.10 Å². The van der Waals surface area contributed by atoms with Crippen molar-refractivity contribution in [2.75, 3.05) is 19.8 Å². The van der Waals surface area contributed by atoms with Crippen LogP contribution in [0.1, 0.15) is 23.7 Å². The highest BCUT2D eigenvalue weighted by atomic mass is 28.1. The van der Waals surface area contributed by atoms with Gasteiger partial charge in [-0.05, 0) is 30.2 Å². The quantitative estimate of drug-likeness (QED) is 0.272. The van der Waals surface area contributed by atoms with Crippen LogP contribution in [0, 0.1) is 0 Å². The van der Waals surface area contributed by atoms with Crippen LogP contribution in [0.15, 0.2) is 54.6 Å². The molecule has 0 fully saturated rings. The average molecular weight is 387 g/mol. The molecule has 2 rings (SSSR count). The molecule has 144 valence electrons. The zero-order valence-electron chi connectivity index (χ0n) is 15.9. The van der Waals surface area contributed by atoms with Gasteiger partial charge in [0.2, 0.25) is 0 Å². The van der Waals surface area contributed by atoms with Gasteiger partial charge in [-0.2, -0.15) is 0 Å². The Morgan fingerprint density at radius 1 is 1.11 bits per heavy atom. The van der Waals surface area contributed by atoms with Crippen LogP contribution in [-0.2, 0) is 19.0 Å². The minimum Gasteiger partial charge on any atom is -0.458 e. The summed E-state index contributed by atoms with van der Waals surface area (Å²) in [6.07, 6.45) is 0.302. The number of benzene rings is 2. The molecule has 0 aliphatic rings. The predicted molar refractivity (Wildman–Crippen MR) is 109 cm³/mol. The molecular formula is C21H26O5Si. The zero-order chi connectivity index (χ0) is 19.6. The maximum atomic E-state index is 12.7. The summed E-state index contributed by atoms with van der Waals surface area (Å²) in [5.74, 6) is -0.976. The van der Waals surface area contributed by atoms with Gasteiger partial charge in [-0.25, -0.2) is 9.59 Å². The highest BCUT2D eigenvalue weighted by Crippen LogP contribution is 2.20. The smallest absolute Gasteiger partial charge is 0.339 e. The first kappa shape index (κ1) is 20.9. The van der Waals surface area contributed by atoms with Gasteiger partial charge in [-0.15, -0.1) is 0 Å². The van der Waals surface area contributed by atoms with Crippen molar-refractivity contribution in [2.24, 2.45) is 0 Å². The third-order valence-corrected chi connectivity index (χ3v) is 4.69. The average Bonchev–Trinajstić information content (AvgIpc) is 2.68. The van der Waals surface area contributed by atoms with E-state index in [9.17, 15) is 9.59 Å². The number of rotatable bonds is 10. The molecule has 0 aromatic heterocycles. The summed E-state index contributed by atoms with van der Waals surface area (Å²) in [4.78, 5) is 24.4. The summed E-state index contributed by atoms with van der Waals surface area (Å²) in [5.41, 5.74) is 0.773. The van der Waals surface area contributed by atoms with Crippen LogP contribution >= 0.6 is 0 Å². The Morgan fingerprint density at radius 2 is 1.85 bits per heavy atom. The van der Waals surface area contributed by atoms with Crippen molar-refractivity contribution in [1.29, 1.82) is 0 Å². The van der Waals surface area contributed by atoms with Gasteiger partial charge in [-0.3, -0.25) is 0 Å². The minimum atomic E-state index is -0.672. The second-order valence-electron chi connectivity index (χ2n) is 6.36. The van der Waals surface area contributed by atoms with Crippen LogP contribution in [0.5, 0.6) is 0 Å². The monoisotopic (exact) mass is 386 g/mol. The van der Waals surface area contributed by atoms with Crippen LogP contribution in [0.3, 0.4) is 0 Å². The number of carbonyl (C=O) groups excluding carboxylic acids is 2. The molecule has 2 aromatic rings. The molecule has 0 bridgehead atoms. The zero-order valence-corrected chi connectivity index (χ0v) is 17.9. The van der Waals surface area contributed by atoms with Crippen LogP contribution < -0.4 is 0 Å². The largest absolute Gasteiger partial charge is 0.458 e. The van der Waals surface area contributed by atoms with Crippen molar-refractivity contribution >= 4 is 33.0 Å². The van der Waals surface area contributed by atoms with Crippen molar-refractivity contribution in [2.45, 2.75) is 25.5 Å². The Labute approximate surface area is 162 Å². The first-order valence-corrected chi connectivity index (χ1v) is 10.5. The molecule has 1 unspecified atom stereocenters. The normalized spacial score (nSPS) is 11.9. The van der Waals surface area contributed by atoms with E-state index < -0.39 is 18.0 Å². The molecule has 6 heteroatoms. The molecule has 1 atom stereocenters. The Balaban J connectivity index is 2.08. The van der Waals surface area contributed by atoms with Crippen LogP contribution in [0.25, 0.3) is 10.8 Å². The summed E-state index contributed by atoms with van der Waals surface area (Å²) in [6.45, 7) is 5.84. The molecule has 27 heavy (non-hydrogen) atoms. The van der Waals surface area contributed by atoms with Gasteiger partial charge < -0.3 is 14.2 Å². The molecule has 0 heterocycles. The number of hydrogen-bond donors (Lipinski definition) is 0. The molecule has 2 aromatic carbocycles. The summed E-state index contributed by atoms with van der Waals surface area (Å²) in [5, 5.41) is 1.78. The fraction of sp³-hybridized carbons (Fsp3) is 0.333. The van der Waals surface area contributed by atoms with Gasteiger partial charge in [0.1, 0.15) is 6.61 Å². The Hall–Kier alpha value is -2.44. The fourth-order valence-electron chi connectivity index (χ4n) is 2.49. The minimum absolute atomic E-state index is 0.0664. The van der Waals surface area contributed by atoms with Crippen molar-refractivity contribution in [3.8, 4) is 0 Å². The highest BCUT2D eigenvalue weighted by molar-refractivity contribution is 6.08. The third-order valence-electron chi connectivity index (χ3n) is 3.98. The van der Waals surface area contributed by atoms with E-state index in [1.165, 1.54) is 0 Å². The Bertz CT molecular complexity index is 797. The molecule has 0 aliphatic heterocycles. The Kier molecular flexibility index (Phi) is 8.23. The third kappa shape index (κ3) is 6.34. The number of carbonyl (C=O) groups is 2. The fourth-order valence-corrected chi connectivity index (χ4v) is 2.78. The molecule has 0 aliphatic carbocycles. The van der Waals surface area contributed by atoms with E-state index in [4.69, 9.17) is 14.2 Å². The molecular weight excluding hydrogens is 360 g/mol. The van der Waals surface area contributed by atoms with Gasteiger partial charge >= 0.3 is 11.9 Å². The van der Waals surface area contributed by atoms with Gasteiger partial charge in [0, 0.05) is 22.4 Å². The number of esters is 2. The van der Waals surface area contributed by atoms with E-state index in [1.807, 2.05) is 36.4 Å². The van der Waals surface area contributed by atoms with Crippen LogP contribution in [-0.4, -0.2) is 48.1 Å². The lowest BCUT2D eigenvalue weighted by molar-refractivity contribution is -0.143. The van der Waals surface area contributed by atoms with E-state index in [2.05, 4.69) is 6.58 Å². The second kappa shape index (κ2) is 10.6. The SMILES string of the molecule is C=C(C)C(=O)OCC(COCCC[SiH3])OC(=O)c1cccc2ccccc12. The van der Waals surface area contributed by atoms with Crippen LogP contribution in [0.4, 0.5) is 0 Å². The standard InChI is InChI=1S/C21H26O5Si/c1-15(2)20(22)25-14-17(13-24-11-6-12-27)26-21(23)19-10-5-8-16-7-3-4-9-18(16)19/h3-5,7-10,17H,1,6,11-14H2,2,27H3. The molecule has 0 spiro atoms.